The van der Waals surface area contributed by atoms with Gasteiger partial charge < -0.3 is 20.1 Å². The van der Waals surface area contributed by atoms with Gasteiger partial charge in [-0.3, -0.25) is 4.79 Å². The van der Waals surface area contributed by atoms with Crippen molar-refractivity contribution in [1.82, 2.24) is 10.2 Å². The molecule has 6 heteroatoms. The number of carboxylic acid groups (broad SMARTS) is 1. The molecule has 2 N–H and O–H groups in total. The van der Waals surface area contributed by atoms with Gasteiger partial charge in [0.2, 0.25) is 0 Å². The summed E-state index contributed by atoms with van der Waals surface area (Å²) in [5, 5.41) is 11.6. The molecule has 21 heavy (non-hydrogen) atoms. The molecular formula is C15H26N2O4. The number of hydrogen-bond donors (Lipinski definition) is 2. The summed E-state index contributed by atoms with van der Waals surface area (Å²) < 4.78 is 5.70. The van der Waals surface area contributed by atoms with E-state index in [2.05, 4.69) is 5.32 Å². The average Bonchev–Trinajstić information content (AvgIpc) is 3.12. The maximum atomic E-state index is 12.0. The van der Waals surface area contributed by atoms with Crippen molar-refractivity contribution in [2.45, 2.75) is 51.0 Å². The van der Waals surface area contributed by atoms with E-state index in [0.717, 1.165) is 25.8 Å². The van der Waals surface area contributed by atoms with Crippen molar-refractivity contribution in [3.05, 3.63) is 0 Å². The van der Waals surface area contributed by atoms with Gasteiger partial charge in [0.1, 0.15) is 0 Å². The molecule has 0 radical (unpaired) electrons. The monoisotopic (exact) mass is 298 g/mol. The van der Waals surface area contributed by atoms with E-state index in [-0.39, 0.29) is 12.5 Å². The van der Waals surface area contributed by atoms with Crippen LogP contribution in [0.3, 0.4) is 0 Å². The fourth-order valence-electron chi connectivity index (χ4n) is 3.13. The van der Waals surface area contributed by atoms with E-state index < -0.39 is 5.97 Å². The highest BCUT2D eigenvalue weighted by atomic mass is 16.5. The highest BCUT2D eigenvalue weighted by Crippen LogP contribution is 2.21. The van der Waals surface area contributed by atoms with Gasteiger partial charge in [-0.25, -0.2) is 4.79 Å². The summed E-state index contributed by atoms with van der Waals surface area (Å²) in [6.45, 7) is 2.51. The molecule has 6 nitrogen and oxygen atoms in total. The molecule has 1 atom stereocenters. The Morgan fingerprint density at radius 1 is 1.24 bits per heavy atom. The summed E-state index contributed by atoms with van der Waals surface area (Å²) in [5.74, 6) is -0.441. The van der Waals surface area contributed by atoms with Crippen LogP contribution in [0.25, 0.3) is 0 Å². The topological polar surface area (TPSA) is 78.9 Å². The second-order valence-electron chi connectivity index (χ2n) is 6.04. The highest BCUT2D eigenvalue weighted by molar-refractivity contribution is 5.74. The van der Waals surface area contributed by atoms with Gasteiger partial charge in [0.25, 0.3) is 0 Å². The fraction of sp³-hybridized carbons (Fsp3) is 0.867. The van der Waals surface area contributed by atoms with E-state index in [1.54, 1.807) is 4.90 Å². The molecule has 2 aliphatic rings. The van der Waals surface area contributed by atoms with Crippen LogP contribution in [0.5, 0.6) is 0 Å². The first-order chi connectivity index (χ1) is 10.1. The molecule has 0 aromatic heterocycles. The van der Waals surface area contributed by atoms with E-state index in [0.29, 0.717) is 38.1 Å². The van der Waals surface area contributed by atoms with Gasteiger partial charge in [-0.15, -0.1) is 0 Å². The van der Waals surface area contributed by atoms with Crippen molar-refractivity contribution in [1.29, 1.82) is 0 Å². The Hall–Kier alpha value is -1.30. The first-order valence-electron chi connectivity index (χ1n) is 8.01. The second kappa shape index (κ2) is 8.22. The van der Waals surface area contributed by atoms with Crippen molar-refractivity contribution in [2.24, 2.45) is 5.92 Å². The summed E-state index contributed by atoms with van der Waals surface area (Å²) in [5.41, 5.74) is 0. The van der Waals surface area contributed by atoms with Gasteiger partial charge >= 0.3 is 12.0 Å². The molecule has 2 amide bonds. The average molecular weight is 298 g/mol. The van der Waals surface area contributed by atoms with E-state index in [1.165, 1.54) is 12.8 Å². The zero-order chi connectivity index (χ0) is 15.1. The third-order valence-corrected chi connectivity index (χ3v) is 4.37. The Bertz CT molecular complexity index is 356. The lowest BCUT2D eigenvalue weighted by molar-refractivity contribution is -0.137. The first kappa shape index (κ1) is 16.1. The van der Waals surface area contributed by atoms with Crippen LogP contribution in [-0.4, -0.2) is 54.4 Å². The van der Waals surface area contributed by atoms with Crippen molar-refractivity contribution >= 4 is 12.0 Å². The van der Waals surface area contributed by atoms with Gasteiger partial charge in [-0.2, -0.15) is 0 Å². The SMILES string of the molecule is O=C(O)CCC1CCN(C(=O)NCCOC2CCCC2)C1. The minimum Gasteiger partial charge on any atom is -0.481 e. The predicted octanol–water partition coefficient (Wildman–Crippen LogP) is 1.84. The molecule has 1 saturated carbocycles. The number of carboxylic acids is 1. The Labute approximate surface area is 125 Å². The Balaban J connectivity index is 1.55. The summed E-state index contributed by atoms with van der Waals surface area (Å²) in [6.07, 6.45) is 6.93. The second-order valence-corrected chi connectivity index (χ2v) is 6.04. The minimum atomic E-state index is -0.762. The summed E-state index contributed by atoms with van der Waals surface area (Å²) in [6, 6.07) is -0.0529. The molecule has 1 heterocycles. The third-order valence-electron chi connectivity index (χ3n) is 4.37. The molecule has 1 aliphatic carbocycles. The largest absolute Gasteiger partial charge is 0.481 e. The molecule has 0 aromatic carbocycles. The van der Waals surface area contributed by atoms with E-state index in [1.807, 2.05) is 0 Å². The Morgan fingerprint density at radius 3 is 2.71 bits per heavy atom. The Morgan fingerprint density at radius 2 is 2.00 bits per heavy atom. The van der Waals surface area contributed by atoms with Crippen LogP contribution in [0.15, 0.2) is 0 Å². The molecule has 0 bridgehead atoms. The lowest BCUT2D eigenvalue weighted by Gasteiger charge is -2.18. The van der Waals surface area contributed by atoms with Crippen LogP contribution in [-0.2, 0) is 9.53 Å². The van der Waals surface area contributed by atoms with Crippen LogP contribution in [0.1, 0.15) is 44.9 Å². The van der Waals surface area contributed by atoms with E-state index >= 15 is 0 Å². The van der Waals surface area contributed by atoms with E-state index in [4.69, 9.17) is 9.84 Å². The molecule has 1 aliphatic heterocycles. The molecule has 2 fully saturated rings. The lowest BCUT2D eigenvalue weighted by Crippen LogP contribution is -2.40. The maximum Gasteiger partial charge on any atom is 0.317 e. The number of amides is 2. The molecule has 120 valence electrons. The standard InChI is InChI=1S/C15H26N2O4/c18-14(19)6-5-12-7-9-17(11-12)15(20)16-8-10-21-13-3-1-2-4-13/h12-13H,1-11H2,(H,16,20)(H,18,19). The quantitative estimate of drug-likeness (QED) is 0.703. The zero-order valence-corrected chi connectivity index (χ0v) is 12.6. The van der Waals surface area contributed by atoms with Gasteiger partial charge in [0, 0.05) is 26.1 Å². The number of urea groups is 1. The number of carbonyl (C=O) groups is 2. The van der Waals surface area contributed by atoms with Crippen LogP contribution < -0.4 is 5.32 Å². The van der Waals surface area contributed by atoms with Crippen molar-refractivity contribution < 1.29 is 19.4 Å². The predicted molar refractivity (Wildman–Crippen MR) is 78.2 cm³/mol. The molecule has 1 saturated heterocycles. The number of likely N-dealkylation sites (tertiary alicyclic amines) is 1. The number of carbonyl (C=O) groups excluding carboxylic acids is 1. The number of nitrogens with zero attached hydrogens (tertiary/aromatic N) is 1. The molecule has 0 spiro atoms. The van der Waals surface area contributed by atoms with Gasteiger partial charge in [-0.05, 0) is 31.6 Å². The van der Waals surface area contributed by atoms with Crippen molar-refractivity contribution in [3.63, 3.8) is 0 Å². The maximum absolute atomic E-state index is 12.0. The highest BCUT2D eigenvalue weighted by Gasteiger charge is 2.26. The third kappa shape index (κ3) is 5.53. The number of aliphatic carboxylic acids is 1. The molecular weight excluding hydrogens is 272 g/mol. The van der Waals surface area contributed by atoms with Crippen LogP contribution in [0.2, 0.25) is 0 Å². The smallest absolute Gasteiger partial charge is 0.317 e. The van der Waals surface area contributed by atoms with Crippen molar-refractivity contribution in [3.8, 4) is 0 Å². The molecule has 2 rings (SSSR count). The van der Waals surface area contributed by atoms with Crippen molar-refractivity contribution in [2.75, 3.05) is 26.2 Å². The number of ether oxygens (including phenoxy) is 1. The summed E-state index contributed by atoms with van der Waals surface area (Å²) >= 11 is 0. The summed E-state index contributed by atoms with van der Waals surface area (Å²) in [7, 11) is 0. The normalized spacial score (nSPS) is 22.7. The van der Waals surface area contributed by atoms with Gasteiger partial charge in [0.05, 0.1) is 12.7 Å². The van der Waals surface area contributed by atoms with Crippen LogP contribution in [0.4, 0.5) is 4.79 Å². The van der Waals surface area contributed by atoms with Crippen LogP contribution in [0, 0.1) is 5.92 Å². The van der Waals surface area contributed by atoms with Gasteiger partial charge in [0.15, 0.2) is 0 Å². The Kier molecular flexibility index (Phi) is 6.29. The fourth-order valence-corrected chi connectivity index (χ4v) is 3.13. The zero-order valence-electron chi connectivity index (χ0n) is 12.6. The van der Waals surface area contributed by atoms with E-state index in [9.17, 15) is 9.59 Å². The minimum absolute atomic E-state index is 0.0529. The first-order valence-corrected chi connectivity index (χ1v) is 8.01. The summed E-state index contributed by atoms with van der Waals surface area (Å²) in [4.78, 5) is 24.3. The number of rotatable bonds is 7. The number of hydrogen-bond acceptors (Lipinski definition) is 3. The lowest BCUT2D eigenvalue weighted by atomic mass is 10.0. The number of nitrogens with one attached hydrogen (secondary N) is 1. The van der Waals surface area contributed by atoms with Crippen LogP contribution >= 0.6 is 0 Å². The molecule has 0 aromatic rings. The molecule has 1 unspecified atom stereocenters. The van der Waals surface area contributed by atoms with Gasteiger partial charge in [-0.1, -0.05) is 12.8 Å².